The predicted octanol–water partition coefficient (Wildman–Crippen LogP) is 2.99. The molecule has 1 aliphatic carbocycles. The average molecular weight is 203 g/mol. The summed E-state index contributed by atoms with van der Waals surface area (Å²) in [6.45, 7) is 4.14. The lowest BCUT2D eigenvalue weighted by atomic mass is 10.1. The van der Waals surface area contributed by atoms with E-state index in [-0.39, 0.29) is 11.3 Å². The van der Waals surface area contributed by atoms with E-state index in [1.807, 2.05) is 19.1 Å². The zero-order valence-electron chi connectivity index (χ0n) is 9.34. The van der Waals surface area contributed by atoms with E-state index in [9.17, 15) is 4.79 Å². The van der Waals surface area contributed by atoms with E-state index in [1.165, 1.54) is 5.56 Å². The SMILES string of the molecule is CCc1ccc(NC(=O)C2(C)CC2)cc1. The topological polar surface area (TPSA) is 29.1 Å². The molecule has 1 N–H and O–H groups in total. The molecule has 1 fully saturated rings. The fraction of sp³-hybridized carbons (Fsp3) is 0.462. The second-order valence-electron chi connectivity index (χ2n) is 4.57. The van der Waals surface area contributed by atoms with Gasteiger partial charge in [-0.1, -0.05) is 26.0 Å². The molecule has 1 aliphatic rings. The third-order valence-corrected chi connectivity index (χ3v) is 3.17. The van der Waals surface area contributed by atoms with Crippen LogP contribution >= 0.6 is 0 Å². The maximum Gasteiger partial charge on any atom is 0.230 e. The van der Waals surface area contributed by atoms with Gasteiger partial charge in [0, 0.05) is 11.1 Å². The molecule has 0 unspecified atom stereocenters. The van der Waals surface area contributed by atoms with E-state index >= 15 is 0 Å². The van der Waals surface area contributed by atoms with Crippen molar-refractivity contribution >= 4 is 11.6 Å². The Morgan fingerprint density at radius 2 is 1.93 bits per heavy atom. The highest BCUT2D eigenvalue weighted by atomic mass is 16.2. The van der Waals surface area contributed by atoms with Crippen LogP contribution in [-0.4, -0.2) is 5.91 Å². The normalized spacial score (nSPS) is 17.2. The second kappa shape index (κ2) is 3.69. The van der Waals surface area contributed by atoms with Crippen LogP contribution < -0.4 is 5.32 Å². The van der Waals surface area contributed by atoms with Gasteiger partial charge in [0.1, 0.15) is 0 Å². The van der Waals surface area contributed by atoms with Gasteiger partial charge in [0.25, 0.3) is 0 Å². The van der Waals surface area contributed by atoms with E-state index in [2.05, 4.69) is 24.4 Å². The highest BCUT2D eigenvalue weighted by Gasteiger charge is 2.44. The number of hydrogen-bond acceptors (Lipinski definition) is 1. The Hall–Kier alpha value is -1.31. The van der Waals surface area contributed by atoms with Gasteiger partial charge in [0.2, 0.25) is 5.91 Å². The number of aryl methyl sites for hydroxylation is 1. The Morgan fingerprint density at radius 1 is 1.33 bits per heavy atom. The zero-order valence-corrected chi connectivity index (χ0v) is 9.34. The highest BCUT2D eigenvalue weighted by Crippen LogP contribution is 2.45. The van der Waals surface area contributed by atoms with Crippen molar-refractivity contribution in [1.29, 1.82) is 0 Å². The second-order valence-corrected chi connectivity index (χ2v) is 4.57. The molecule has 1 aromatic rings. The maximum absolute atomic E-state index is 11.7. The number of benzene rings is 1. The van der Waals surface area contributed by atoms with Crippen LogP contribution in [0.15, 0.2) is 24.3 Å². The first-order valence-electron chi connectivity index (χ1n) is 5.54. The molecule has 15 heavy (non-hydrogen) atoms. The molecule has 0 radical (unpaired) electrons. The van der Waals surface area contributed by atoms with Gasteiger partial charge in [-0.25, -0.2) is 0 Å². The zero-order chi connectivity index (χ0) is 10.9. The average Bonchev–Trinajstić information content (AvgIpc) is 2.99. The van der Waals surface area contributed by atoms with E-state index in [4.69, 9.17) is 0 Å². The number of carbonyl (C=O) groups is 1. The number of amides is 1. The fourth-order valence-electron chi connectivity index (χ4n) is 1.52. The molecule has 1 amide bonds. The summed E-state index contributed by atoms with van der Waals surface area (Å²) < 4.78 is 0. The Morgan fingerprint density at radius 3 is 2.40 bits per heavy atom. The third kappa shape index (κ3) is 2.20. The summed E-state index contributed by atoms with van der Waals surface area (Å²) in [5, 5.41) is 2.96. The van der Waals surface area contributed by atoms with Crippen LogP contribution in [0, 0.1) is 5.41 Å². The van der Waals surface area contributed by atoms with Crippen molar-refractivity contribution in [3.05, 3.63) is 29.8 Å². The molecule has 0 saturated heterocycles. The molecule has 2 rings (SSSR count). The van der Waals surface area contributed by atoms with Crippen LogP contribution in [-0.2, 0) is 11.2 Å². The van der Waals surface area contributed by atoms with Crippen molar-refractivity contribution in [3.8, 4) is 0 Å². The van der Waals surface area contributed by atoms with Crippen LogP contribution in [0.5, 0.6) is 0 Å². The van der Waals surface area contributed by atoms with Gasteiger partial charge in [0.15, 0.2) is 0 Å². The molecular formula is C13H17NO. The summed E-state index contributed by atoms with van der Waals surface area (Å²) in [5.74, 6) is 0.159. The molecule has 0 aromatic heterocycles. The van der Waals surface area contributed by atoms with E-state index in [1.54, 1.807) is 0 Å². The van der Waals surface area contributed by atoms with Gasteiger partial charge in [-0.15, -0.1) is 0 Å². The first-order chi connectivity index (χ1) is 7.14. The molecular weight excluding hydrogens is 186 g/mol. The molecule has 2 nitrogen and oxygen atoms in total. The highest BCUT2D eigenvalue weighted by molar-refractivity contribution is 5.96. The van der Waals surface area contributed by atoms with Gasteiger partial charge in [-0.2, -0.15) is 0 Å². The lowest BCUT2D eigenvalue weighted by Gasteiger charge is -2.10. The molecule has 0 aliphatic heterocycles. The van der Waals surface area contributed by atoms with Gasteiger partial charge >= 0.3 is 0 Å². The molecule has 80 valence electrons. The first kappa shape index (κ1) is 10.2. The Balaban J connectivity index is 2.01. The maximum atomic E-state index is 11.7. The van der Waals surface area contributed by atoms with Crippen molar-refractivity contribution < 1.29 is 4.79 Å². The molecule has 0 bridgehead atoms. The fourth-order valence-corrected chi connectivity index (χ4v) is 1.52. The van der Waals surface area contributed by atoms with Gasteiger partial charge < -0.3 is 5.32 Å². The molecule has 0 heterocycles. The molecule has 1 saturated carbocycles. The molecule has 0 spiro atoms. The summed E-state index contributed by atoms with van der Waals surface area (Å²) in [6, 6.07) is 8.07. The van der Waals surface area contributed by atoms with Crippen molar-refractivity contribution in [1.82, 2.24) is 0 Å². The number of rotatable bonds is 3. The quantitative estimate of drug-likeness (QED) is 0.804. The van der Waals surface area contributed by atoms with Crippen LogP contribution in [0.3, 0.4) is 0 Å². The van der Waals surface area contributed by atoms with Crippen LogP contribution in [0.2, 0.25) is 0 Å². The van der Waals surface area contributed by atoms with Crippen LogP contribution in [0.25, 0.3) is 0 Å². The van der Waals surface area contributed by atoms with Crippen molar-refractivity contribution in [2.24, 2.45) is 5.41 Å². The lowest BCUT2D eigenvalue weighted by Crippen LogP contribution is -2.21. The first-order valence-corrected chi connectivity index (χ1v) is 5.54. The third-order valence-electron chi connectivity index (χ3n) is 3.17. The minimum Gasteiger partial charge on any atom is -0.326 e. The molecule has 1 aromatic carbocycles. The van der Waals surface area contributed by atoms with Crippen LogP contribution in [0.1, 0.15) is 32.3 Å². The standard InChI is InChI=1S/C13H17NO/c1-3-10-4-6-11(7-5-10)14-12(15)13(2)8-9-13/h4-7H,3,8-9H2,1-2H3,(H,14,15). The lowest BCUT2D eigenvalue weighted by molar-refractivity contribution is -0.120. The number of hydrogen-bond donors (Lipinski definition) is 1. The number of carbonyl (C=O) groups excluding carboxylic acids is 1. The summed E-state index contributed by atoms with van der Waals surface area (Å²) in [4.78, 5) is 11.7. The Kier molecular flexibility index (Phi) is 2.51. The van der Waals surface area contributed by atoms with Crippen LogP contribution in [0.4, 0.5) is 5.69 Å². The van der Waals surface area contributed by atoms with E-state index in [0.29, 0.717) is 0 Å². The largest absolute Gasteiger partial charge is 0.326 e. The Bertz CT molecular complexity index is 363. The van der Waals surface area contributed by atoms with Crippen molar-refractivity contribution in [2.45, 2.75) is 33.1 Å². The summed E-state index contributed by atoms with van der Waals surface area (Å²) in [5.41, 5.74) is 2.11. The molecule has 0 atom stereocenters. The Labute approximate surface area is 90.7 Å². The van der Waals surface area contributed by atoms with Crippen molar-refractivity contribution in [2.75, 3.05) is 5.32 Å². The summed E-state index contributed by atoms with van der Waals surface area (Å²) >= 11 is 0. The van der Waals surface area contributed by atoms with Gasteiger partial charge in [0.05, 0.1) is 0 Å². The van der Waals surface area contributed by atoms with E-state index in [0.717, 1.165) is 24.9 Å². The van der Waals surface area contributed by atoms with Crippen molar-refractivity contribution in [3.63, 3.8) is 0 Å². The van der Waals surface area contributed by atoms with E-state index < -0.39 is 0 Å². The minimum atomic E-state index is -0.0938. The predicted molar refractivity (Wildman–Crippen MR) is 61.8 cm³/mol. The monoisotopic (exact) mass is 203 g/mol. The minimum absolute atomic E-state index is 0.0938. The van der Waals surface area contributed by atoms with Gasteiger partial charge in [-0.3, -0.25) is 4.79 Å². The number of nitrogens with one attached hydrogen (secondary N) is 1. The number of anilines is 1. The molecule has 2 heteroatoms. The smallest absolute Gasteiger partial charge is 0.230 e. The van der Waals surface area contributed by atoms with Gasteiger partial charge in [-0.05, 0) is 37.0 Å². The summed E-state index contributed by atoms with van der Waals surface area (Å²) in [6.07, 6.45) is 3.07. The summed E-state index contributed by atoms with van der Waals surface area (Å²) in [7, 11) is 0.